The van der Waals surface area contributed by atoms with Crippen molar-refractivity contribution in [1.29, 1.82) is 5.26 Å². The number of para-hydroxylation sites is 1. The summed E-state index contributed by atoms with van der Waals surface area (Å²) < 4.78 is 37.0. The van der Waals surface area contributed by atoms with Crippen molar-refractivity contribution in [2.45, 2.75) is 17.1 Å². The monoisotopic (exact) mass is 306 g/mol. The van der Waals surface area contributed by atoms with Crippen LogP contribution in [0.3, 0.4) is 0 Å². The number of likely N-dealkylation sites (N-methyl/N-ethyl adjacent to an activating group) is 1. The van der Waals surface area contributed by atoms with Gasteiger partial charge in [0.2, 0.25) is 5.09 Å². The first-order valence-corrected chi connectivity index (χ1v) is 7.90. The molecule has 1 aromatic carbocycles. The van der Waals surface area contributed by atoms with Gasteiger partial charge < -0.3 is 9.15 Å². The molecule has 0 saturated carbocycles. The Morgan fingerprint density at radius 2 is 2.14 bits per heavy atom. The maximum atomic E-state index is 12.7. The molecule has 2 heterocycles. The summed E-state index contributed by atoms with van der Waals surface area (Å²) in [7, 11) is -2.50. The molecule has 0 aliphatic carbocycles. The molecule has 0 unspecified atom stereocenters. The third-order valence-corrected chi connectivity index (χ3v) is 5.61. The van der Waals surface area contributed by atoms with E-state index in [-0.39, 0.29) is 11.7 Å². The predicted molar refractivity (Wildman–Crippen MR) is 74.9 cm³/mol. The second-order valence-corrected chi connectivity index (χ2v) is 6.92. The van der Waals surface area contributed by atoms with Crippen molar-refractivity contribution in [1.82, 2.24) is 4.31 Å². The van der Waals surface area contributed by atoms with Crippen LogP contribution in [0.15, 0.2) is 39.8 Å². The van der Waals surface area contributed by atoms with Crippen LogP contribution < -0.4 is 0 Å². The zero-order valence-electron chi connectivity index (χ0n) is 11.4. The fourth-order valence-corrected chi connectivity index (χ4v) is 3.80. The molecular formula is C14H14N2O4S. The van der Waals surface area contributed by atoms with E-state index in [2.05, 4.69) is 6.07 Å². The van der Waals surface area contributed by atoms with E-state index >= 15 is 0 Å². The van der Waals surface area contributed by atoms with Gasteiger partial charge in [0, 0.05) is 31.5 Å². The van der Waals surface area contributed by atoms with Gasteiger partial charge in [0.15, 0.2) is 0 Å². The Balaban J connectivity index is 2.05. The van der Waals surface area contributed by atoms with E-state index in [1.807, 2.05) is 0 Å². The number of rotatable bonds is 3. The summed E-state index contributed by atoms with van der Waals surface area (Å²) >= 11 is 0. The number of sulfonamides is 1. The van der Waals surface area contributed by atoms with Gasteiger partial charge in [-0.25, -0.2) is 8.42 Å². The summed E-state index contributed by atoms with van der Waals surface area (Å²) in [5.41, 5.74) is -0.671. The van der Waals surface area contributed by atoms with E-state index < -0.39 is 15.6 Å². The Bertz CT molecular complexity index is 780. The zero-order valence-corrected chi connectivity index (χ0v) is 12.3. The molecule has 21 heavy (non-hydrogen) atoms. The minimum atomic E-state index is -3.89. The van der Waals surface area contributed by atoms with E-state index in [4.69, 9.17) is 9.15 Å². The molecule has 1 aliphatic rings. The first-order valence-electron chi connectivity index (χ1n) is 6.46. The zero-order chi connectivity index (χ0) is 15.1. The molecule has 0 N–H and O–H groups in total. The molecule has 6 nitrogen and oxygen atoms in total. The lowest BCUT2D eigenvalue weighted by Crippen LogP contribution is -2.48. The molecule has 0 bridgehead atoms. The SMILES string of the molecule is CN([C@]1(C#N)CCOC1)S(=O)(=O)c1cc2ccccc2o1. The second kappa shape index (κ2) is 4.84. The van der Waals surface area contributed by atoms with E-state index in [1.165, 1.54) is 13.1 Å². The first kappa shape index (κ1) is 14.1. The van der Waals surface area contributed by atoms with Crippen LogP contribution in [0.5, 0.6) is 0 Å². The predicted octanol–water partition coefficient (Wildman–Crippen LogP) is 1.74. The molecule has 0 spiro atoms. The molecule has 1 saturated heterocycles. The highest BCUT2D eigenvalue weighted by Gasteiger charge is 2.46. The number of furan rings is 1. The van der Waals surface area contributed by atoms with Crippen molar-refractivity contribution >= 4 is 21.0 Å². The van der Waals surface area contributed by atoms with Gasteiger partial charge in [0.25, 0.3) is 10.0 Å². The van der Waals surface area contributed by atoms with Crippen molar-refractivity contribution in [2.24, 2.45) is 0 Å². The van der Waals surface area contributed by atoms with Crippen LogP contribution in [0.1, 0.15) is 6.42 Å². The van der Waals surface area contributed by atoms with Gasteiger partial charge in [-0.05, 0) is 6.07 Å². The van der Waals surface area contributed by atoms with Crippen LogP contribution in [-0.4, -0.2) is 38.5 Å². The highest BCUT2D eigenvalue weighted by Crippen LogP contribution is 2.32. The average molecular weight is 306 g/mol. The molecule has 1 aromatic heterocycles. The Labute approximate surface area is 122 Å². The number of nitrogens with zero attached hydrogens (tertiary/aromatic N) is 2. The topological polar surface area (TPSA) is 83.5 Å². The lowest BCUT2D eigenvalue weighted by molar-refractivity contribution is 0.162. The van der Waals surface area contributed by atoms with Crippen molar-refractivity contribution in [3.05, 3.63) is 30.3 Å². The summed E-state index contributed by atoms with van der Waals surface area (Å²) in [6.45, 7) is 0.438. The van der Waals surface area contributed by atoms with Crippen molar-refractivity contribution in [2.75, 3.05) is 20.3 Å². The number of fused-ring (bicyclic) bond motifs is 1. The maximum absolute atomic E-state index is 12.7. The standard InChI is InChI=1S/C14H14N2O4S/c1-16(14(9-15)6-7-19-10-14)21(17,18)13-8-11-4-2-3-5-12(11)20-13/h2-5,8H,6-7,10H2,1H3/t14-/m0/s1. The summed E-state index contributed by atoms with van der Waals surface area (Å²) in [6, 6.07) is 10.6. The molecule has 2 aromatic rings. The summed E-state index contributed by atoms with van der Waals surface area (Å²) in [6.07, 6.45) is 0.347. The van der Waals surface area contributed by atoms with E-state index in [0.29, 0.717) is 24.0 Å². The number of nitriles is 1. The smallest absolute Gasteiger partial charge is 0.277 e. The minimum Gasteiger partial charge on any atom is -0.443 e. The van der Waals surface area contributed by atoms with Gasteiger partial charge in [0.05, 0.1) is 12.7 Å². The van der Waals surface area contributed by atoms with Gasteiger partial charge in [-0.1, -0.05) is 18.2 Å². The first-order chi connectivity index (χ1) is 9.99. The number of hydrogen-bond acceptors (Lipinski definition) is 5. The lowest BCUT2D eigenvalue weighted by atomic mass is 10.0. The van der Waals surface area contributed by atoms with Gasteiger partial charge in [-0.2, -0.15) is 9.57 Å². The third kappa shape index (κ3) is 2.12. The number of benzene rings is 1. The van der Waals surface area contributed by atoms with Crippen LogP contribution in [0.25, 0.3) is 11.0 Å². The van der Waals surface area contributed by atoms with Crippen LogP contribution in [0.2, 0.25) is 0 Å². The molecular weight excluding hydrogens is 292 g/mol. The van der Waals surface area contributed by atoms with Gasteiger partial charge in [0.1, 0.15) is 11.1 Å². The van der Waals surface area contributed by atoms with Gasteiger partial charge in [-0.3, -0.25) is 0 Å². The lowest BCUT2D eigenvalue weighted by Gasteiger charge is -2.28. The Hall–Kier alpha value is -1.88. The van der Waals surface area contributed by atoms with E-state index in [1.54, 1.807) is 24.3 Å². The number of ether oxygens (including phenoxy) is 1. The van der Waals surface area contributed by atoms with Crippen molar-refractivity contribution in [3.8, 4) is 6.07 Å². The second-order valence-electron chi connectivity index (χ2n) is 5.02. The van der Waals surface area contributed by atoms with Crippen LogP contribution in [-0.2, 0) is 14.8 Å². The van der Waals surface area contributed by atoms with E-state index in [0.717, 1.165) is 4.31 Å². The van der Waals surface area contributed by atoms with Crippen molar-refractivity contribution in [3.63, 3.8) is 0 Å². The van der Waals surface area contributed by atoms with Crippen LogP contribution >= 0.6 is 0 Å². The fourth-order valence-electron chi connectivity index (χ4n) is 2.41. The summed E-state index contributed by atoms with van der Waals surface area (Å²) in [5.74, 6) is 0. The molecule has 0 amide bonds. The van der Waals surface area contributed by atoms with Gasteiger partial charge in [-0.15, -0.1) is 0 Å². The number of hydrogen-bond donors (Lipinski definition) is 0. The molecule has 0 radical (unpaired) electrons. The molecule has 3 rings (SSSR count). The Kier molecular flexibility index (Phi) is 3.24. The molecule has 110 valence electrons. The molecule has 1 aliphatic heterocycles. The summed E-state index contributed by atoms with van der Waals surface area (Å²) in [4.78, 5) is 0. The van der Waals surface area contributed by atoms with Gasteiger partial charge >= 0.3 is 0 Å². The normalized spacial score (nSPS) is 22.7. The third-order valence-electron chi connectivity index (χ3n) is 3.83. The Morgan fingerprint density at radius 1 is 1.38 bits per heavy atom. The largest absolute Gasteiger partial charge is 0.443 e. The van der Waals surface area contributed by atoms with Crippen LogP contribution in [0.4, 0.5) is 0 Å². The Morgan fingerprint density at radius 3 is 2.76 bits per heavy atom. The maximum Gasteiger partial charge on any atom is 0.277 e. The van der Waals surface area contributed by atoms with E-state index in [9.17, 15) is 13.7 Å². The highest BCUT2D eigenvalue weighted by molar-refractivity contribution is 7.89. The summed E-state index contributed by atoms with van der Waals surface area (Å²) in [5, 5.41) is 9.92. The van der Waals surface area contributed by atoms with Crippen molar-refractivity contribution < 1.29 is 17.6 Å². The minimum absolute atomic E-state index is 0.0689. The highest BCUT2D eigenvalue weighted by atomic mass is 32.2. The molecule has 7 heteroatoms. The fraction of sp³-hybridized carbons (Fsp3) is 0.357. The molecule has 1 atom stereocenters. The quantitative estimate of drug-likeness (QED) is 0.862. The van der Waals surface area contributed by atoms with Crippen LogP contribution in [0, 0.1) is 11.3 Å². The average Bonchev–Trinajstić information content (AvgIpc) is 3.13. The molecule has 1 fully saturated rings.